The molecule has 0 unspecified atom stereocenters. The van der Waals surface area contributed by atoms with Crippen molar-refractivity contribution in [1.29, 1.82) is 0 Å². The first-order valence-corrected chi connectivity index (χ1v) is 7.22. The van der Waals surface area contributed by atoms with Crippen molar-refractivity contribution in [3.63, 3.8) is 0 Å². The quantitative estimate of drug-likeness (QED) is 0.809. The Labute approximate surface area is 106 Å². The summed E-state index contributed by atoms with van der Waals surface area (Å²) in [6, 6.07) is 12.2. The standard InChI is InChI=1S/C13H14N2O2S/c1-18(16,17)13-8-10(4-7-12(13)15)9-2-5-11(14)6-3-9/h2-8H,14-15H2,1H3. The molecule has 0 fully saturated rings. The van der Waals surface area contributed by atoms with Crippen molar-refractivity contribution in [1.82, 2.24) is 0 Å². The molecule has 4 N–H and O–H groups in total. The number of benzene rings is 2. The molecule has 0 aliphatic heterocycles. The van der Waals surface area contributed by atoms with Crippen molar-refractivity contribution >= 4 is 21.2 Å². The Morgan fingerprint density at radius 3 is 2.00 bits per heavy atom. The van der Waals surface area contributed by atoms with Crippen molar-refractivity contribution < 1.29 is 8.42 Å². The van der Waals surface area contributed by atoms with Gasteiger partial charge in [-0.3, -0.25) is 0 Å². The lowest BCUT2D eigenvalue weighted by Crippen LogP contribution is -2.02. The van der Waals surface area contributed by atoms with Gasteiger partial charge < -0.3 is 11.5 Å². The Morgan fingerprint density at radius 2 is 1.44 bits per heavy atom. The molecule has 0 saturated carbocycles. The fourth-order valence-corrected chi connectivity index (χ4v) is 2.55. The van der Waals surface area contributed by atoms with Gasteiger partial charge in [-0.2, -0.15) is 0 Å². The van der Waals surface area contributed by atoms with E-state index in [1.54, 1.807) is 30.3 Å². The average Bonchev–Trinajstić information content (AvgIpc) is 2.29. The average molecular weight is 262 g/mol. The van der Waals surface area contributed by atoms with Crippen LogP contribution in [0, 0.1) is 0 Å². The zero-order valence-corrected chi connectivity index (χ0v) is 10.7. The van der Waals surface area contributed by atoms with E-state index in [0.29, 0.717) is 5.69 Å². The van der Waals surface area contributed by atoms with Crippen LogP contribution >= 0.6 is 0 Å². The molecule has 0 amide bonds. The van der Waals surface area contributed by atoms with E-state index in [1.165, 1.54) is 0 Å². The zero-order chi connectivity index (χ0) is 13.3. The van der Waals surface area contributed by atoms with Crippen molar-refractivity contribution in [2.75, 3.05) is 17.7 Å². The number of hydrogen-bond donors (Lipinski definition) is 2. The van der Waals surface area contributed by atoms with Gasteiger partial charge in [0.05, 0.1) is 10.6 Å². The molecule has 0 aromatic heterocycles. The minimum absolute atomic E-state index is 0.150. The maximum atomic E-state index is 11.6. The van der Waals surface area contributed by atoms with Crippen LogP contribution in [0.25, 0.3) is 11.1 Å². The lowest BCUT2D eigenvalue weighted by atomic mass is 10.1. The third-order valence-corrected chi connectivity index (χ3v) is 3.81. The molecule has 0 spiro atoms. The molecule has 0 atom stereocenters. The van der Waals surface area contributed by atoms with Crippen molar-refractivity contribution in [3.8, 4) is 11.1 Å². The summed E-state index contributed by atoms with van der Waals surface area (Å²) in [5.74, 6) is 0. The summed E-state index contributed by atoms with van der Waals surface area (Å²) >= 11 is 0. The van der Waals surface area contributed by atoms with Gasteiger partial charge in [-0.25, -0.2) is 8.42 Å². The Kier molecular flexibility index (Phi) is 3.00. The Morgan fingerprint density at radius 1 is 0.889 bits per heavy atom. The van der Waals surface area contributed by atoms with Gasteiger partial charge >= 0.3 is 0 Å². The molecule has 5 heteroatoms. The van der Waals surface area contributed by atoms with Crippen LogP contribution in [-0.2, 0) is 9.84 Å². The zero-order valence-electron chi connectivity index (χ0n) is 9.92. The van der Waals surface area contributed by atoms with Gasteiger partial charge in [0.25, 0.3) is 0 Å². The highest BCUT2D eigenvalue weighted by molar-refractivity contribution is 7.90. The molecular formula is C13H14N2O2S. The first-order valence-electron chi connectivity index (χ1n) is 5.33. The molecule has 0 saturated heterocycles. The highest BCUT2D eigenvalue weighted by Gasteiger charge is 2.12. The van der Waals surface area contributed by atoms with Crippen molar-refractivity contribution in [3.05, 3.63) is 42.5 Å². The van der Waals surface area contributed by atoms with Crippen LogP contribution in [0.1, 0.15) is 0 Å². The fourth-order valence-electron chi connectivity index (χ4n) is 1.71. The summed E-state index contributed by atoms with van der Waals surface area (Å²) in [5.41, 5.74) is 13.9. The Hall–Kier alpha value is -2.01. The number of sulfone groups is 1. The van der Waals surface area contributed by atoms with E-state index in [2.05, 4.69) is 0 Å². The second-order valence-electron chi connectivity index (χ2n) is 4.15. The van der Waals surface area contributed by atoms with Crippen LogP contribution in [0.15, 0.2) is 47.4 Å². The monoisotopic (exact) mass is 262 g/mol. The summed E-state index contributed by atoms with van der Waals surface area (Å²) in [6.07, 6.45) is 1.14. The van der Waals surface area contributed by atoms with Gasteiger partial charge in [-0.05, 0) is 35.4 Å². The maximum Gasteiger partial charge on any atom is 0.177 e. The van der Waals surface area contributed by atoms with Crippen LogP contribution in [-0.4, -0.2) is 14.7 Å². The lowest BCUT2D eigenvalue weighted by Gasteiger charge is -2.07. The summed E-state index contributed by atoms with van der Waals surface area (Å²) in [4.78, 5) is 0.150. The van der Waals surface area contributed by atoms with Crippen LogP contribution in [0.5, 0.6) is 0 Å². The SMILES string of the molecule is CS(=O)(=O)c1cc(-c2ccc(N)cc2)ccc1N. The Balaban J connectivity index is 2.57. The molecule has 4 nitrogen and oxygen atoms in total. The van der Waals surface area contributed by atoms with Crippen LogP contribution in [0.3, 0.4) is 0 Å². The molecule has 2 rings (SSSR count). The van der Waals surface area contributed by atoms with E-state index in [9.17, 15) is 8.42 Å². The molecule has 94 valence electrons. The summed E-state index contributed by atoms with van der Waals surface area (Å²) < 4.78 is 23.2. The van der Waals surface area contributed by atoms with E-state index >= 15 is 0 Å². The lowest BCUT2D eigenvalue weighted by molar-refractivity contribution is 0.602. The van der Waals surface area contributed by atoms with Crippen LogP contribution in [0.4, 0.5) is 11.4 Å². The number of anilines is 2. The number of rotatable bonds is 2. The molecule has 0 heterocycles. The van der Waals surface area contributed by atoms with Crippen molar-refractivity contribution in [2.24, 2.45) is 0 Å². The fraction of sp³-hybridized carbons (Fsp3) is 0.0769. The van der Waals surface area contributed by atoms with E-state index in [0.717, 1.165) is 17.4 Å². The number of nitrogen functional groups attached to an aromatic ring is 2. The predicted molar refractivity (Wildman–Crippen MR) is 73.8 cm³/mol. The minimum Gasteiger partial charge on any atom is -0.399 e. The van der Waals surface area contributed by atoms with Gasteiger partial charge in [0.15, 0.2) is 9.84 Å². The largest absolute Gasteiger partial charge is 0.399 e. The Bertz CT molecular complexity index is 677. The van der Waals surface area contributed by atoms with Gasteiger partial charge in [0.1, 0.15) is 0 Å². The molecule has 0 aliphatic rings. The van der Waals surface area contributed by atoms with E-state index < -0.39 is 9.84 Å². The van der Waals surface area contributed by atoms with Gasteiger partial charge in [0.2, 0.25) is 0 Å². The smallest absolute Gasteiger partial charge is 0.177 e. The second kappa shape index (κ2) is 4.34. The molecule has 2 aromatic carbocycles. The first-order chi connectivity index (χ1) is 8.38. The molecule has 18 heavy (non-hydrogen) atoms. The molecule has 0 bridgehead atoms. The highest BCUT2D eigenvalue weighted by Crippen LogP contribution is 2.27. The number of nitrogens with two attached hydrogens (primary N) is 2. The second-order valence-corrected chi connectivity index (χ2v) is 6.13. The summed E-state index contributed by atoms with van der Waals surface area (Å²) in [7, 11) is -3.32. The third kappa shape index (κ3) is 2.46. The highest BCUT2D eigenvalue weighted by atomic mass is 32.2. The van der Waals surface area contributed by atoms with Gasteiger partial charge in [-0.15, -0.1) is 0 Å². The van der Waals surface area contributed by atoms with E-state index in [4.69, 9.17) is 11.5 Å². The first kappa shape index (κ1) is 12.4. The van der Waals surface area contributed by atoms with Crippen LogP contribution in [0.2, 0.25) is 0 Å². The van der Waals surface area contributed by atoms with E-state index in [-0.39, 0.29) is 10.6 Å². The van der Waals surface area contributed by atoms with Crippen molar-refractivity contribution in [2.45, 2.75) is 4.90 Å². The topological polar surface area (TPSA) is 86.2 Å². The summed E-state index contributed by atoms with van der Waals surface area (Å²) in [5, 5.41) is 0. The maximum absolute atomic E-state index is 11.6. The molecule has 0 radical (unpaired) electrons. The molecule has 0 aliphatic carbocycles. The third-order valence-electron chi connectivity index (χ3n) is 2.66. The predicted octanol–water partition coefficient (Wildman–Crippen LogP) is 1.92. The molecule has 2 aromatic rings. The normalized spacial score (nSPS) is 11.4. The van der Waals surface area contributed by atoms with Crippen LogP contribution < -0.4 is 11.5 Å². The van der Waals surface area contributed by atoms with Gasteiger partial charge in [0, 0.05) is 11.9 Å². The molecular weight excluding hydrogens is 248 g/mol. The van der Waals surface area contributed by atoms with Gasteiger partial charge in [-0.1, -0.05) is 18.2 Å². The summed E-state index contributed by atoms with van der Waals surface area (Å²) in [6.45, 7) is 0. The number of hydrogen-bond acceptors (Lipinski definition) is 4. The minimum atomic E-state index is -3.32. The van der Waals surface area contributed by atoms with E-state index in [1.807, 2.05) is 12.1 Å².